The van der Waals surface area contributed by atoms with Crippen molar-refractivity contribution >= 4 is 16.9 Å². The standard InChI is InChI=1S/C13H10N2O3/c16-13(17)12-7-10(15-18-12)6-8-1-2-11-9(5-8)3-4-14-11/h1-5,7,14H,6H2,(H,16,17). The average Bonchev–Trinajstić information content (AvgIpc) is 2.96. The molecule has 0 atom stereocenters. The number of H-pyrrole nitrogens is 1. The zero-order chi connectivity index (χ0) is 12.5. The second-order valence-corrected chi connectivity index (χ2v) is 4.06. The van der Waals surface area contributed by atoms with Crippen LogP contribution < -0.4 is 0 Å². The summed E-state index contributed by atoms with van der Waals surface area (Å²) in [5, 5.41) is 13.6. The minimum absolute atomic E-state index is 0.132. The molecule has 0 fully saturated rings. The molecule has 2 N–H and O–H groups in total. The Bertz CT molecular complexity index is 712. The van der Waals surface area contributed by atoms with Crippen molar-refractivity contribution < 1.29 is 14.4 Å². The summed E-state index contributed by atoms with van der Waals surface area (Å²) >= 11 is 0. The maximum atomic E-state index is 10.7. The van der Waals surface area contributed by atoms with Gasteiger partial charge in [0.15, 0.2) is 0 Å². The molecule has 18 heavy (non-hydrogen) atoms. The molecule has 0 aliphatic carbocycles. The number of carboxylic acid groups (broad SMARTS) is 1. The molecule has 0 aliphatic heterocycles. The van der Waals surface area contributed by atoms with Gasteiger partial charge in [-0.05, 0) is 29.1 Å². The van der Waals surface area contributed by atoms with Gasteiger partial charge in [0.1, 0.15) is 0 Å². The fourth-order valence-corrected chi connectivity index (χ4v) is 1.92. The fraction of sp³-hybridized carbons (Fsp3) is 0.0769. The topological polar surface area (TPSA) is 79.1 Å². The lowest BCUT2D eigenvalue weighted by atomic mass is 10.1. The summed E-state index contributed by atoms with van der Waals surface area (Å²) in [4.78, 5) is 13.8. The van der Waals surface area contributed by atoms with Gasteiger partial charge in [-0.15, -0.1) is 0 Å². The molecular weight excluding hydrogens is 232 g/mol. The Morgan fingerprint density at radius 2 is 2.22 bits per heavy atom. The summed E-state index contributed by atoms with van der Waals surface area (Å²) in [5.74, 6) is -1.23. The number of hydrogen-bond acceptors (Lipinski definition) is 3. The van der Waals surface area contributed by atoms with E-state index in [-0.39, 0.29) is 5.76 Å². The van der Waals surface area contributed by atoms with Crippen LogP contribution in [0.4, 0.5) is 0 Å². The van der Waals surface area contributed by atoms with Crippen molar-refractivity contribution in [3.63, 3.8) is 0 Å². The SMILES string of the molecule is O=C(O)c1cc(Cc2ccc3[nH]ccc3c2)no1. The van der Waals surface area contributed by atoms with Gasteiger partial charge in [-0.2, -0.15) is 0 Å². The summed E-state index contributed by atoms with van der Waals surface area (Å²) in [6.45, 7) is 0. The third-order valence-corrected chi connectivity index (χ3v) is 2.77. The molecular formula is C13H10N2O3. The number of carboxylic acids is 1. The van der Waals surface area contributed by atoms with Crippen LogP contribution in [-0.2, 0) is 6.42 Å². The van der Waals surface area contributed by atoms with Crippen molar-refractivity contribution in [3.8, 4) is 0 Å². The molecule has 3 aromatic rings. The summed E-state index contributed by atoms with van der Waals surface area (Å²) < 4.78 is 4.72. The number of benzene rings is 1. The van der Waals surface area contributed by atoms with Crippen LogP contribution in [0.5, 0.6) is 0 Å². The van der Waals surface area contributed by atoms with E-state index in [2.05, 4.69) is 10.1 Å². The van der Waals surface area contributed by atoms with Crippen LogP contribution in [0.25, 0.3) is 10.9 Å². The largest absolute Gasteiger partial charge is 0.475 e. The highest BCUT2D eigenvalue weighted by Gasteiger charge is 2.11. The molecule has 5 nitrogen and oxygen atoms in total. The van der Waals surface area contributed by atoms with Crippen molar-refractivity contribution in [2.75, 3.05) is 0 Å². The minimum Gasteiger partial charge on any atom is -0.475 e. The van der Waals surface area contributed by atoms with Gasteiger partial charge in [-0.1, -0.05) is 11.2 Å². The Labute approximate surface area is 102 Å². The summed E-state index contributed by atoms with van der Waals surface area (Å²) in [6.07, 6.45) is 2.44. The highest BCUT2D eigenvalue weighted by Crippen LogP contribution is 2.17. The van der Waals surface area contributed by atoms with Gasteiger partial charge in [-0.25, -0.2) is 4.79 Å². The third-order valence-electron chi connectivity index (χ3n) is 2.77. The number of nitrogens with zero attached hydrogens (tertiary/aromatic N) is 1. The van der Waals surface area contributed by atoms with Crippen LogP contribution in [0, 0.1) is 0 Å². The Hall–Kier alpha value is -2.56. The van der Waals surface area contributed by atoms with E-state index in [0.717, 1.165) is 16.5 Å². The van der Waals surface area contributed by atoms with Gasteiger partial charge < -0.3 is 14.6 Å². The van der Waals surface area contributed by atoms with Crippen LogP contribution >= 0.6 is 0 Å². The first-order valence-corrected chi connectivity index (χ1v) is 5.47. The molecule has 90 valence electrons. The zero-order valence-corrected chi connectivity index (χ0v) is 9.38. The molecule has 5 heteroatoms. The maximum Gasteiger partial charge on any atom is 0.374 e. The Balaban J connectivity index is 1.88. The first-order chi connectivity index (χ1) is 8.72. The first-order valence-electron chi connectivity index (χ1n) is 5.47. The lowest BCUT2D eigenvalue weighted by Gasteiger charge is -1.97. The highest BCUT2D eigenvalue weighted by molar-refractivity contribution is 5.84. The van der Waals surface area contributed by atoms with Gasteiger partial charge in [0.25, 0.3) is 0 Å². The second-order valence-electron chi connectivity index (χ2n) is 4.06. The Kier molecular flexibility index (Phi) is 2.37. The van der Waals surface area contributed by atoms with E-state index in [1.807, 2.05) is 30.5 Å². The van der Waals surface area contributed by atoms with Crippen molar-refractivity contribution in [1.82, 2.24) is 10.1 Å². The molecule has 1 aromatic carbocycles. The number of nitrogens with one attached hydrogen (secondary N) is 1. The Morgan fingerprint density at radius 1 is 1.33 bits per heavy atom. The smallest absolute Gasteiger partial charge is 0.374 e. The second kappa shape index (κ2) is 4.03. The normalized spacial score (nSPS) is 10.9. The van der Waals surface area contributed by atoms with Crippen molar-refractivity contribution in [1.29, 1.82) is 0 Å². The monoisotopic (exact) mass is 242 g/mol. The molecule has 0 unspecified atom stereocenters. The van der Waals surface area contributed by atoms with E-state index in [1.54, 1.807) is 0 Å². The lowest BCUT2D eigenvalue weighted by molar-refractivity contribution is 0.0652. The van der Waals surface area contributed by atoms with Crippen LogP contribution in [0.1, 0.15) is 21.8 Å². The number of hydrogen-bond donors (Lipinski definition) is 2. The quantitative estimate of drug-likeness (QED) is 0.739. The number of rotatable bonds is 3. The molecule has 0 saturated heterocycles. The van der Waals surface area contributed by atoms with E-state index in [4.69, 9.17) is 9.63 Å². The molecule has 2 heterocycles. The molecule has 0 radical (unpaired) electrons. The first kappa shape index (κ1) is 10.6. The van der Waals surface area contributed by atoms with E-state index in [0.29, 0.717) is 12.1 Å². The van der Waals surface area contributed by atoms with Crippen LogP contribution in [0.2, 0.25) is 0 Å². The molecule has 3 rings (SSSR count). The number of aromatic amines is 1. The predicted octanol–water partition coefficient (Wildman–Crippen LogP) is 2.44. The highest BCUT2D eigenvalue weighted by atomic mass is 16.5. The molecule has 0 amide bonds. The number of carbonyl (C=O) groups is 1. The van der Waals surface area contributed by atoms with Crippen molar-refractivity contribution in [2.24, 2.45) is 0 Å². The van der Waals surface area contributed by atoms with Crippen LogP contribution in [-0.4, -0.2) is 21.2 Å². The van der Waals surface area contributed by atoms with E-state index < -0.39 is 5.97 Å². The van der Waals surface area contributed by atoms with Gasteiger partial charge in [0.2, 0.25) is 5.76 Å². The predicted molar refractivity (Wildman–Crippen MR) is 64.6 cm³/mol. The van der Waals surface area contributed by atoms with Gasteiger partial charge in [0, 0.05) is 24.2 Å². The molecule has 0 saturated carbocycles. The maximum absolute atomic E-state index is 10.7. The summed E-state index contributed by atoms with van der Waals surface area (Å²) in [7, 11) is 0. The lowest BCUT2D eigenvalue weighted by Crippen LogP contribution is -1.92. The summed E-state index contributed by atoms with van der Waals surface area (Å²) in [6, 6.07) is 9.45. The zero-order valence-electron chi connectivity index (χ0n) is 9.38. The number of aromatic carboxylic acids is 1. The molecule has 0 spiro atoms. The van der Waals surface area contributed by atoms with Gasteiger partial charge in [-0.3, -0.25) is 0 Å². The van der Waals surface area contributed by atoms with E-state index in [9.17, 15) is 4.79 Å². The number of fused-ring (bicyclic) bond motifs is 1. The molecule has 2 aromatic heterocycles. The minimum atomic E-state index is -1.10. The number of aromatic nitrogens is 2. The van der Waals surface area contributed by atoms with Crippen molar-refractivity contribution in [3.05, 3.63) is 53.5 Å². The van der Waals surface area contributed by atoms with E-state index in [1.165, 1.54) is 6.07 Å². The van der Waals surface area contributed by atoms with E-state index >= 15 is 0 Å². The average molecular weight is 242 g/mol. The molecule has 0 bridgehead atoms. The van der Waals surface area contributed by atoms with Crippen LogP contribution in [0.15, 0.2) is 41.1 Å². The summed E-state index contributed by atoms with van der Waals surface area (Å²) in [5.41, 5.74) is 2.75. The fourth-order valence-electron chi connectivity index (χ4n) is 1.92. The van der Waals surface area contributed by atoms with Gasteiger partial charge in [0.05, 0.1) is 5.69 Å². The van der Waals surface area contributed by atoms with Crippen molar-refractivity contribution in [2.45, 2.75) is 6.42 Å². The Morgan fingerprint density at radius 3 is 3.00 bits per heavy atom. The molecule has 0 aliphatic rings. The third kappa shape index (κ3) is 1.86. The van der Waals surface area contributed by atoms with Gasteiger partial charge >= 0.3 is 5.97 Å². The van der Waals surface area contributed by atoms with Crippen LogP contribution in [0.3, 0.4) is 0 Å².